The van der Waals surface area contributed by atoms with Crippen LogP contribution in [0.1, 0.15) is 22.2 Å². The van der Waals surface area contributed by atoms with Gasteiger partial charge in [0, 0.05) is 17.3 Å². The number of hydrogen-bond donors (Lipinski definition) is 2. The number of H-pyrrole nitrogens is 1. The average molecular weight is 328 g/mol. The van der Waals surface area contributed by atoms with Gasteiger partial charge in [-0.15, -0.1) is 11.3 Å². The molecule has 0 fully saturated rings. The van der Waals surface area contributed by atoms with Crippen molar-refractivity contribution in [1.82, 2.24) is 10.3 Å². The minimum atomic E-state index is -0.431. The fourth-order valence-electron chi connectivity index (χ4n) is 2.31. The molecule has 3 aromatic heterocycles. The minimum absolute atomic E-state index is 0.0506. The molecule has 3 aromatic rings. The van der Waals surface area contributed by atoms with Crippen LogP contribution in [0.5, 0.6) is 0 Å². The van der Waals surface area contributed by atoms with Crippen LogP contribution in [0.25, 0.3) is 11.5 Å². The highest BCUT2D eigenvalue weighted by Gasteiger charge is 2.15. The molecule has 0 aromatic carbocycles. The molecule has 6 heteroatoms. The second-order valence-electron chi connectivity index (χ2n) is 5.25. The van der Waals surface area contributed by atoms with Gasteiger partial charge in [0.2, 0.25) is 0 Å². The summed E-state index contributed by atoms with van der Waals surface area (Å²) >= 11 is 1.65. The topological polar surface area (TPSA) is 75.1 Å². The van der Waals surface area contributed by atoms with Crippen molar-refractivity contribution < 1.29 is 9.21 Å². The molecule has 0 saturated carbocycles. The van der Waals surface area contributed by atoms with E-state index in [4.69, 9.17) is 4.42 Å². The van der Waals surface area contributed by atoms with Crippen molar-refractivity contribution in [2.24, 2.45) is 0 Å². The van der Waals surface area contributed by atoms with E-state index in [0.29, 0.717) is 11.5 Å². The van der Waals surface area contributed by atoms with E-state index in [1.54, 1.807) is 29.5 Å². The van der Waals surface area contributed by atoms with E-state index in [1.165, 1.54) is 17.2 Å². The van der Waals surface area contributed by atoms with Crippen LogP contribution in [-0.2, 0) is 6.42 Å². The van der Waals surface area contributed by atoms with Crippen LogP contribution < -0.4 is 10.9 Å². The number of carbonyl (C=O) groups excluding carboxylic acids is 1. The van der Waals surface area contributed by atoms with Gasteiger partial charge >= 0.3 is 0 Å². The first-order valence-corrected chi connectivity index (χ1v) is 8.12. The molecular formula is C17H16N2O3S. The van der Waals surface area contributed by atoms with Crippen LogP contribution in [0.3, 0.4) is 0 Å². The van der Waals surface area contributed by atoms with Crippen LogP contribution in [0.2, 0.25) is 0 Å². The average Bonchev–Trinajstić information content (AvgIpc) is 3.19. The Labute approximate surface area is 137 Å². The Hall–Kier alpha value is -2.60. The lowest BCUT2D eigenvalue weighted by Crippen LogP contribution is -2.36. The van der Waals surface area contributed by atoms with E-state index < -0.39 is 5.56 Å². The number of thiophene rings is 1. The molecule has 0 radical (unpaired) electrons. The summed E-state index contributed by atoms with van der Waals surface area (Å²) in [4.78, 5) is 28.2. The SMILES string of the molecule is C[C@@H](Cc1cccs1)NC(=O)c1ccc(-c2ccco2)[nH]c1=O. The highest BCUT2D eigenvalue weighted by atomic mass is 32.1. The summed E-state index contributed by atoms with van der Waals surface area (Å²) < 4.78 is 5.23. The number of amides is 1. The maximum atomic E-state index is 12.3. The highest BCUT2D eigenvalue weighted by molar-refractivity contribution is 7.09. The summed E-state index contributed by atoms with van der Waals surface area (Å²) in [7, 11) is 0. The summed E-state index contributed by atoms with van der Waals surface area (Å²) in [6, 6.07) is 10.6. The number of carbonyl (C=O) groups is 1. The van der Waals surface area contributed by atoms with E-state index >= 15 is 0 Å². The number of aromatic nitrogens is 1. The maximum absolute atomic E-state index is 12.3. The first-order valence-electron chi connectivity index (χ1n) is 7.24. The second-order valence-corrected chi connectivity index (χ2v) is 6.28. The van der Waals surface area contributed by atoms with Crippen molar-refractivity contribution >= 4 is 17.2 Å². The first-order chi connectivity index (χ1) is 11.1. The number of hydrogen-bond acceptors (Lipinski definition) is 4. The van der Waals surface area contributed by atoms with E-state index in [1.807, 2.05) is 24.4 Å². The quantitative estimate of drug-likeness (QED) is 0.756. The molecule has 3 heterocycles. The third-order valence-electron chi connectivity index (χ3n) is 3.41. The molecule has 2 N–H and O–H groups in total. The predicted octanol–water partition coefficient (Wildman–Crippen LogP) is 3.06. The zero-order valence-electron chi connectivity index (χ0n) is 12.5. The van der Waals surface area contributed by atoms with Crippen molar-refractivity contribution in [3.05, 3.63) is 68.8 Å². The van der Waals surface area contributed by atoms with E-state index in [0.717, 1.165) is 6.42 Å². The molecule has 0 saturated heterocycles. The second kappa shape index (κ2) is 6.66. The Balaban J connectivity index is 1.71. The smallest absolute Gasteiger partial charge is 0.261 e. The standard InChI is InChI=1S/C17H16N2O3S/c1-11(10-12-4-3-9-23-12)18-16(20)13-6-7-14(19-17(13)21)15-5-2-8-22-15/h2-9,11H,10H2,1H3,(H,18,20)(H,19,21)/t11-/m0/s1. The minimum Gasteiger partial charge on any atom is -0.463 e. The Morgan fingerprint density at radius 2 is 2.17 bits per heavy atom. The molecule has 1 atom stereocenters. The maximum Gasteiger partial charge on any atom is 0.261 e. The third-order valence-corrected chi connectivity index (χ3v) is 4.30. The predicted molar refractivity (Wildman–Crippen MR) is 89.7 cm³/mol. The Kier molecular flexibility index (Phi) is 4.43. The fraction of sp³-hybridized carbons (Fsp3) is 0.176. The lowest BCUT2D eigenvalue weighted by Gasteiger charge is -2.12. The first kappa shape index (κ1) is 15.3. The van der Waals surface area contributed by atoms with E-state index in [9.17, 15) is 9.59 Å². The number of aromatic amines is 1. The van der Waals surface area contributed by atoms with Gasteiger partial charge < -0.3 is 14.7 Å². The largest absolute Gasteiger partial charge is 0.463 e. The number of nitrogens with one attached hydrogen (secondary N) is 2. The van der Waals surface area contributed by atoms with Gasteiger partial charge in [-0.2, -0.15) is 0 Å². The van der Waals surface area contributed by atoms with Gasteiger partial charge in [-0.25, -0.2) is 0 Å². The molecule has 118 valence electrons. The zero-order valence-corrected chi connectivity index (χ0v) is 13.4. The van der Waals surface area contributed by atoms with E-state index in [-0.39, 0.29) is 17.5 Å². The van der Waals surface area contributed by atoms with Crippen molar-refractivity contribution in [3.8, 4) is 11.5 Å². The normalized spacial score (nSPS) is 12.0. The van der Waals surface area contributed by atoms with E-state index in [2.05, 4.69) is 10.3 Å². The molecule has 0 bridgehead atoms. The Morgan fingerprint density at radius 1 is 1.30 bits per heavy atom. The van der Waals surface area contributed by atoms with Gasteiger partial charge in [0.25, 0.3) is 11.5 Å². The van der Waals surface area contributed by atoms with Crippen LogP contribution in [0.15, 0.2) is 57.3 Å². The molecule has 0 unspecified atom stereocenters. The lowest BCUT2D eigenvalue weighted by molar-refractivity contribution is 0.0938. The van der Waals surface area contributed by atoms with Gasteiger partial charge in [0.1, 0.15) is 11.3 Å². The lowest BCUT2D eigenvalue weighted by atomic mass is 10.1. The van der Waals surface area contributed by atoms with Crippen molar-refractivity contribution in [3.63, 3.8) is 0 Å². The summed E-state index contributed by atoms with van der Waals surface area (Å²) in [6.07, 6.45) is 2.27. The number of furan rings is 1. The molecule has 0 spiro atoms. The zero-order chi connectivity index (χ0) is 16.2. The monoisotopic (exact) mass is 328 g/mol. The molecule has 0 aliphatic carbocycles. The molecule has 0 aliphatic rings. The van der Waals surface area contributed by atoms with Crippen LogP contribution in [-0.4, -0.2) is 16.9 Å². The van der Waals surface area contributed by atoms with Gasteiger partial charge in [0.15, 0.2) is 0 Å². The molecule has 0 aliphatic heterocycles. The molecule has 1 amide bonds. The molecule has 3 rings (SSSR count). The van der Waals surface area contributed by atoms with Crippen molar-refractivity contribution in [1.29, 1.82) is 0 Å². The van der Waals surface area contributed by atoms with Crippen LogP contribution in [0.4, 0.5) is 0 Å². The van der Waals surface area contributed by atoms with Gasteiger partial charge in [-0.3, -0.25) is 9.59 Å². The molecular weight excluding hydrogens is 312 g/mol. The summed E-state index contributed by atoms with van der Waals surface area (Å²) in [6.45, 7) is 1.92. The Morgan fingerprint density at radius 3 is 2.83 bits per heavy atom. The fourth-order valence-corrected chi connectivity index (χ4v) is 3.15. The van der Waals surface area contributed by atoms with Gasteiger partial charge in [-0.1, -0.05) is 6.07 Å². The highest BCUT2D eigenvalue weighted by Crippen LogP contribution is 2.16. The summed E-state index contributed by atoms with van der Waals surface area (Å²) in [5.41, 5.74) is 0.209. The van der Waals surface area contributed by atoms with Crippen molar-refractivity contribution in [2.75, 3.05) is 0 Å². The number of pyridine rings is 1. The Bertz CT molecular complexity index is 835. The van der Waals surface area contributed by atoms with Crippen LogP contribution >= 0.6 is 11.3 Å². The van der Waals surface area contributed by atoms with Gasteiger partial charge in [0.05, 0.1) is 12.0 Å². The summed E-state index contributed by atoms with van der Waals surface area (Å²) in [5, 5.41) is 4.86. The summed E-state index contributed by atoms with van der Waals surface area (Å²) in [5.74, 6) is 0.182. The van der Waals surface area contributed by atoms with Gasteiger partial charge in [-0.05, 0) is 42.6 Å². The van der Waals surface area contributed by atoms with Crippen LogP contribution in [0, 0.1) is 0 Å². The molecule has 5 nitrogen and oxygen atoms in total. The van der Waals surface area contributed by atoms with Crippen molar-refractivity contribution in [2.45, 2.75) is 19.4 Å². The number of rotatable bonds is 5. The molecule has 23 heavy (non-hydrogen) atoms. The third kappa shape index (κ3) is 3.60.